The molecule has 0 fully saturated rings. The van der Waals surface area contributed by atoms with Gasteiger partial charge in [0.1, 0.15) is 5.82 Å². The van der Waals surface area contributed by atoms with Crippen LogP contribution in [-0.2, 0) is 11.2 Å². The summed E-state index contributed by atoms with van der Waals surface area (Å²) in [5.74, 6) is -0.774. The van der Waals surface area contributed by atoms with Crippen LogP contribution in [0.5, 0.6) is 0 Å². The summed E-state index contributed by atoms with van der Waals surface area (Å²) in [6.07, 6.45) is -0.0501. The Hall–Kier alpha value is -1.23. The maximum atomic E-state index is 13.6. The van der Waals surface area contributed by atoms with Crippen LogP contribution in [0.25, 0.3) is 0 Å². The summed E-state index contributed by atoms with van der Waals surface area (Å²) in [6, 6.07) is 7.52. The van der Waals surface area contributed by atoms with E-state index >= 15 is 0 Å². The first-order valence-corrected chi connectivity index (χ1v) is 6.60. The van der Waals surface area contributed by atoms with Gasteiger partial charge in [-0.1, -0.05) is 29.8 Å². The van der Waals surface area contributed by atoms with Crippen LogP contribution in [0.1, 0.15) is 16.5 Å². The third-order valence-electron chi connectivity index (χ3n) is 2.59. The van der Waals surface area contributed by atoms with E-state index in [0.717, 1.165) is 4.88 Å². The van der Waals surface area contributed by atoms with Crippen LogP contribution < -0.4 is 5.73 Å². The molecule has 2 N–H and O–H groups in total. The molecule has 5 heteroatoms. The van der Waals surface area contributed by atoms with E-state index in [1.807, 2.05) is 11.4 Å². The van der Waals surface area contributed by atoms with Crippen LogP contribution in [-0.4, -0.2) is 5.78 Å². The molecule has 1 atom stereocenters. The van der Waals surface area contributed by atoms with Gasteiger partial charge in [-0.3, -0.25) is 4.79 Å². The fraction of sp³-hybridized carbons (Fsp3) is 0.154. The minimum atomic E-state index is -0.705. The van der Waals surface area contributed by atoms with E-state index < -0.39 is 11.9 Å². The highest BCUT2D eigenvalue weighted by molar-refractivity contribution is 7.10. The third-order valence-corrected chi connectivity index (χ3v) is 3.84. The number of Topliss-reactive ketones (excluding diaryl/α,β-unsaturated/α-hetero) is 1. The average Bonchev–Trinajstić information content (AvgIpc) is 2.87. The lowest BCUT2D eigenvalue weighted by atomic mass is 10.0. The van der Waals surface area contributed by atoms with Crippen molar-refractivity contribution in [2.75, 3.05) is 0 Å². The van der Waals surface area contributed by atoms with E-state index in [2.05, 4.69) is 0 Å². The van der Waals surface area contributed by atoms with Gasteiger partial charge in [-0.15, -0.1) is 11.3 Å². The van der Waals surface area contributed by atoms with Gasteiger partial charge in [0.2, 0.25) is 0 Å². The normalized spacial score (nSPS) is 12.4. The number of nitrogens with two attached hydrogens (primary N) is 1. The van der Waals surface area contributed by atoms with Gasteiger partial charge in [-0.05, 0) is 23.1 Å². The van der Waals surface area contributed by atoms with E-state index in [0.29, 0.717) is 0 Å². The number of rotatable bonds is 4. The van der Waals surface area contributed by atoms with E-state index in [1.165, 1.54) is 17.4 Å². The van der Waals surface area contributed by atoms with E-state index in [-0.39, 0.29) is 22.8 Å². The second-order valence-corrected chi connectivity index (χ2v) is 5.24. The lowest BCUT2D eigenvalue weighted by Gasteiger charge is -2.09. The maximum absolute atomic E-state index is 13.6. The highest BCUT2D eigenvalue weighted by atomic mass is 35.5. The largest absolute Gasteiger partial charge is 0.317 e. The second kappa shape index (κ2) is 5.61. The molecule has 0 spiro atoms. The van der Waals surface area contributed by atoms with E-state index in [1.54, 1.807) is 18.2 Å². The zero-order valence-corrected chi connectivity index (χ0v) is 11.0. The van der Waals surface area contributed by atoms with Gasteiger partial charge in [0.05, 0.1) is 11.1 Å². The van der Waals surface area contributed by atoms with Crippen LogP contribution >= 0.6 is 22.9 Å². The molecule has 0 bridgehead atoms. The fourth-order valence-corrected chi connectivity index (χ4v) is 2.55. The van der Waals surface area contributed by atoms with Gasteiger partial charge in [0.15, 0.2) is 5.78 Å². The van der Waals surface area contributed by atoms with E-state index in [4.69, 9.17) is 17.3 Å². The van der Waals surface area contributed by atoms with Crippen molar-refractivity contribution in [3.05, 3.63) is 57.0 Å². The summed E-state index contributed by atoms with van der Waals surface area (Å²) in [5, 5.41) is 1.87. The van der Waals surface area contributed by atoms with Crippen molar-refractivity contribution in [1.82, 2.24) is 0 Å². The zero-order chi connectivity index (χ0) is 13.1. The molecule has 0 amide bonds. The van der Waals surface area contributed by atoms with Crippen molar-refractivity contribution >= 4 is 28.7 Å². The third kappa shape index (κ3) is 2.77. The van der Waals surface area contributed by atoms with E-state index in [9.17, 15) is 9.18 Å². The first kappa shape index (κ1) is 13.2. The van der Waals surface area contributed by atoms with Crippen LogP contribution in [0, 0.1) is 5.82 Å². The van der Waals surface area contributed by atoms with Crippen LogP contribution in [0.2, 0.25) is 5.02 Å². The minimum Gasteiger partial charge on any atom is -0.317 e. The lowest BCUT2D eigenvalue weighted by molar-refractivity contribution is -0.119. The minimum absolute atomic E-state index is 0.0185. The number of halogens is 2. The summed E-state index contributed by atoms with van der Waals surface area (Å²) in [7, 11) is 0. The van der Waals surface area contributed by atoms with Crippen molar-refractivity contribution in [3.8, 4) is 0 Å². The molecule has 1 unspecified atom stereocenters. The molecule has 0 aliphatic rings. The highest BCUT2D eigenvalue weighted by Gasteiger charge is 2.19. The molecular weight excluding hydrogens is 273 g/mol. The predicted molar refractivity (Wildman–Crippen MR) is 71.4 cm³/mol. The van der Waals surface area contributed by atoms with Crippen molar-refractivity contribution in [2.45, 2.75) is 12.5 Å². The first-order chi connectivity index (χ1) is 8.59. The summed E-state index contributed by atoms with van der Waals surface area (Å²) in [5.41, 5.74) is 6.10. The van der Waals surface area contributed by atoms with Crippen molar-refractivity contribution in [1.29, 1.82) is 0 Å². The Bertz CT molecular complexity index is 556. The fourth-order valence-electron chi connectivity index (χ4n) is 1.61. The Morgan fingerprint density at radius 2 is 2.17 bits per heavy atom. The summed E-state index contributed by atoms with van der Waals surface area (Å²) >= 11 is 7.07. The molecule has 1 heterocycles. The van der Waals surface area contributed by atoms with Crippen molar-refractivity contribution < 1.29 is 9.18 Å². The smallest absolute Gasteiger partial charge is 0.159 e. The number of thiophene rings is 1. The quantitative estimate of drug-likeness (QED) is 0.935. The first-order valence-electron chi connectivity index (χ1n) is 5.34. The molecule has 2 aromatic rings. The van der Waals surface area contributed by atoms with Gasteiger partial charge in [-0.2, -0.15) is 0 Å². The molecular formula is C13H11ClFNOS. The molecule has 0 saturated heterocycles. The Balaban J connectivity index is 2.14. The molecule has 18 heavy (non-hydrogen) atoms. The van der Waals surface area contributed by atoms with Crippen LogP contribution in [0.4, 0.5) is 4.39 Å². The van der Waals surface area contributed by atoms with Gasteiger partial charge in [0, 0.05) is 11.3 Å². The van der Waals surface area contributed by atoms with Gasteiger partial charge in [0.25, 0.3) is 0 Å². The molecule has 1 aromatic carbocycles. The highest BCUT2D eigenvalue weighted by Crippen LogP contribution is 2.22. The number of carbonyl (C=O) groups excluding carboxylic acids is 1. The summed E-state index contributed by atoms with van der Waals surface area (Å²) in [6.45, 7) is 0. The molecule has 2 rings (SSSR count). The second-order valence-electron chi connectivity index (χ2n) is 3.85. The zero-order valence-electron chi connectivity index (χ0n) is 9.40. The van der Waals surface area contributed by atoms with Gasteiger partial charge in [-0.25, -0.2) is 4.39 Å². The van der Waals surface area contributed by atoms with Crippen LogP contribution in [0.15, 0.2) is 35.7 Å². The standard InChI is InChI=1S/C13H11ClFNOS/c14-9-4-1-3-8(12(9)15)7-10(17)13(16)11-5-2-6-18-11/h1-6,13H,7,16H2. The predicted octanol–water partition coefficient (Wildman–Crippen LogP) is 3.35. The average molecular weight is 284 g/mol. The van der Waals surface area contributed by atoms with Crippen molar-refractivity contribution in [2.24, 2.45) is 5.73 Å². The maximum Gasteiger partial charge on any atom is 0.159 e. The Labute approximate surface area is 113 Å². The van der Waals surface area contributed by atoms with Gasteiger partial charge >= 0.3 is 0 Å². The monoisotopic (exact) mass is 283 g/mol. The Morgan fingerprint density at radius 3 is 2.83 bits per heavy atom. The number of hydrogen-bond acceptors (Lipinski definition) is 3. The summed E-state index contributed by atoms with van der Waals surface area (Å²) < 4.78 is 13.6. The Morgan fingerprint density at radius 1 is 1.39 bits per heavy atom. The molecule has 94 valence electrons. The number of hydrogen-bond donors (Lipinski definition) is 1. The topological polar surface area (TPSA) is 43.1 Å². The SMILES string of the molecule is NC(C(=O)Cc1cccc(Cl)c1F)c1cccs1. The molecule has 0 saturated carbocycles. The van der Waals surface area contributed by atoms with Crippen LogP contribution in [0.3, 0.4) is 0 Å². The number of benzene rings is 1. The Kier molecular flexibility index (Phi) is 4.11. The number of ketones is 1. The molecule has 0 aliphatic heterocycles. The lowest BCUT2D eigenvalue weighted by Crippen LogP contribution is -2.22. The molecule has 0 aliphatic carbocycles. The molecule has 0 radical (unpaired) electrons. The molecule has 1 aromatic heterocycles. The summed E-state index contributed by atoms with van der Waals surface area (Å²) in [4.78, 5) is 12.7. The van der Waals surface area contributed by atoms with Gasteiger partial charge < -0.3 is 5.73 Å². The number of carbonyl (C=O) groups is 1. The molecule has 2 nitrogen and oxygen atoms in total. The van der Waals surface area contributed by atoms with Crippen molar-refractivity contribution in [3.63, 3.8) is 0 Å².